The molecule has 0 spiro atoms. The molecule has 0 aliphatic carbocycles. The van der Waals surface area contributed by atoms with E-state index in [-0.39, 0.29) is 0 Å². The summed E-state index contributed by atoms with van der Waals surface area (Å²) in [6.07, 6.45) is 1.02. The highest BCUT2D eigenvalue weighted by atomic mass is 35.5. The third-order valence-corrected chi connectivity index (χ3v) is 4.62. The van der Waals surface area contributed by atoms with Crippen LogP contribution in [-0.2, 0) is 0 Å². The summed E-state index contributed by atoms with van der Waals surface area (Å²) in [5, 5.41) is 18.0. The smallest absolute Gasteiger partial charge is 0.176 e. The first-order chi connectivity index (χ1) is 12.7. The first kappa shape index (κ1) is 16.6. The van der Waals surface area contributed by atoms with Gasteiger partial charge in [-0.05, 0) is 29.8 Å². The Morgan fingerprint density at radius 1 is 0.846 bits per heavy atom. The van der Waals surface area contributed by atoms with Gasteiger partial charge in [-0.25, -0.2) is 5.01 Å². The fourth-order valence-corrected chi connectivity index (χ4v) is 3.17. The van der Waals surface area contributed by atoms with Gasteiger partial charge in [-0.2, -0.15) is 5.10 Å². The average Bonchev–Trinajstić information content (AvgIpc) is 3.01. The summed E-state index contributed by atoms with van der Waals surface area (Å²) in [6.45, 7) is 0. The van der Waals surface area contributed by atoms with E-state index in [1.165, 1.54) is 0 Å². The number of para-hydroxylation sites is 1. The predicted molar refractivity (Wildman–Crippen MR) is 107 cm³/mol. The fourth-order valence-electron chi connectivity index (χ4n) is 2.98. The molecule has 1 aliphatic heterocycles. The standard InChI is InChI=1S/C22H17ClN2O/c23-20-14-8-7-11-17(20)15-19-21(16-9-3-1-4-10-16)24-25(22(19)26)18-12-5-2-6-13-18/h1-15,22,26H. The zero-order valence-corrected chi connectivity index (χ0v) is 14.7. The maximum Gasteiger partial charge on any atom is 0.176 e. The molecule has 4 heteroatoms. The first-order valence-corrected chi connectivity index (χ1v) is 8.75. The topological polar surface area (TPSA) is 35.8 Å². The van der Waals surface area contributed by atoms with Gasteiger partial charge in [-0.1, -0.05) is 78.3 Å². The summed E-state index contributed by atoms with van der Waals surface area (Å²) >= 11 is 6.32. The Hall–Kier alpha value is -2.88. The van der Waals surface area contributed by atoms with E-state index < -0.39 is 6.23 Å². The van der Waals surface area contributed by atoms with Gasteiger partial charge in [0.2, 0.25) is 0 Å². The van der Waals surface area contributed by atoms with E-state index in [0.29, 0.717) is 10.6 Å². The average molecular weight is 361 g/mol. The zero-order valence-electron chi connectivity index (χ0n) is 14.0. The predicted octanol–water partition coefficient (Wildman–Crippen LogP) is 4.97. The number of hydrogen-bond acceptors (Lipinski definition) is 3. The molecule has 0 fully saturated rings. The van der Waals surface area contributed by atoms with E-state index in [1.807, 2.05) is 91.0 Å². The van der Waals surface area contributed by atoms with Crippen LogP contribution in [0.1, 0.15) is 11.1 Å². The fraction of sp³-hybridized carbons (Fsp3) is 0.0455. The molecule has 0 bridgehead atoms. The Balaban J connectivity index is 1.84. The normalized spacial score (nSPS) is 18.2. The number of anilines is 1. The molecule has 1 heterocycles. The van der Waals surface area contributed by atoms with Crippen LogP contribution in [0.15, 0.2) is 95.6 Å². The largest absolute Gasteiger partial charge is 0.368 e. The molecule has 0 saturated heterocycles. The van der Waals surface area contributed by atoms with Crippen molar-refractivity contribution in [2.45, 2.75) is 6.23 Å². The summed E-state index contributed by atoms with van der Waals surface area (Å²) in [5.41, 5.74) is 4.08. The van der Waals surface area contributed by atoms with Gasteiger partial charge in [0.15, 0.2) is 6.23 Å². The Labute approximate surface area is 157 Å². The second-order valence-corrected chi connectivity index (χ2v) is 6.40. The van der Waals surface area contributed by atoms with Gasteiger partial charge >= 0.3 is 0 Å². The third-order valence-electron chi connectivity index (χ3n) is 4.28. The van der Waals surface area contributed by atoms with Gasteiger partial charge in [0, 0.05) is 16.2 Å². The number of nitrogens with zero attached hydrogens (tertiary/aromatic N) is 2. The molecule has 1 N–H and O–H groups in total. The van der Waals surface area contributed by atoms with Crippen LogP contribution >= 0.6 is 11.6 Å². The van der Waals surface area contributed by atoms with Gasteiger partial charge in [0.05, 0.1) is 11.4 Å². The highest BCUT2D eigenvalue weighted by Crippen LogP contribution is 2.31. The maximum atomic E-state index is 11.0. The molecule has 1 atom stereocenters. The van der Waals surface area contributed by atoms with Crippen molar-refractivity contribution in [3.8, 4) is 0 Å². The molecule has 0 aromatic heterocycles. The van der Waals surface area contributed by atoms with Crippen LogP contribution in [-0.4, -0.2) is 17.0 Å². The number of rotatable bonds is 3. The molecule has 3 aromatic rings. The van der Waals surface area contributed by atoms with Crippen LogP contribution in [0.3, 0.4) is 0 Å². The van der Waals surface area contributed by atoms with Crippen LogP contribution in [0, 0.1) is 0 Å². The molecule has 0 saturated carbocycles. The van der Waals surface area contributed by atoms with E-state index in [2.05, 4.69) is 0 Å². The highest BCUT2D eigenvalue weighted by Gasteiger charge is 2.32. The molecular weight excluding hydrogens is 344 g/mol. The van der Waals surface area contributed by atoms with E-state index in [0.717, 1.165) is 22.5 Å². The van der Waals surface area contributed by atoms with E-state index in [9.17, 15) is 5.11 Å². The minimum Gasteiger partial charge on any atom is -0.368 e. The molecular formula is C22H17ClN2O. The van der Waals surface area contributed by atoms with Crippen molar-refractivity contribution < 1.29 is 5.11 Å². The van der Waals surface area contributed by atoms with Crippen molar-refractivity contribution in [2.24, 2.45) is 5.10 Å². The quantitative estimate of drug-likeness (QED) is 0.716. The van der Waals surface area contributed by atoms with Crippen molar-refractivity contribution in [1.82, 2.24) is 0 Å². The Morgan fingerprint density at radius 2 is 1.46 bits per heavy atom. The Kier molecular flexibility index (Phi) is 4.57. The lowest BCUT2D eigenvalue weighted by molar-refractivity contribution is 0.219. The molecule has 3 aromatic carbocycles. The van der Waals surface area contributed by atoms with Gasteiger partial charge in [-0.15, -0.1) is 0 Å². The summed E-state index contributed by atoms with van der Waals surface area (Å²) in [7, 11) is 0. The number of aliphatic hydroxyl groups is 1. The van der Waals surface area contributed by atoms with Crippen molar-refractivity contribution in [2.75, 3.05) is 5.01 Å². The van der Waals surface area contributed by atoms with Crippen LogP contribution in [0.4, 0.5) is 5.69 Å². The molecule has 128 valence electrons. The lowest BCUT2D eigenvalue weighted by Crippen LogP contribution is -2.27. The van der Waals surface area contributed by atoms with E-state index in [4.69, 9.17) is 16.7 Å². The summed E-state index contributed by atoms with van der Waals surface area (Å²) < 4.78 is 0. The SMILES string of the molecule is OC1C(=Cc2ccccc2Cl)C(c2ccccc2)=NN1c1ccccc1. The highest BCUT2D eigenvalue weighted by molar-refractivity contribution is 6.32. The van der Waals surface area contributed by atoms with E-state index >= 15 is 0 Å². The molecule has 26 heavy (non-hydrogen) atoms. The molecule has 0 amide bonds. The third kappa shape index (κ3) is 3.15. The molecule has 0 radical (unpaired) electrons. The summed E-state index contributed by atoms with van der Waals surface area (Å²) in [4.78, 5) is 0. The monoisotopic (exact) mass is 360 g/mol. The van der Waals surface area contributed by atoms with Gasteiger partial charge in [-0.3, -0.25) is 0 Å². The summed E-state index contributed by atoms with van der Waals surface area (Å²) in [5.74, 6) is 0. The lowest BCUT2D eigenvalue weighted by atomic mass is 9.99. The molecule has 4 rings (SSSR count). The number of aliphatic hydroxyl groups excluding tert-OH is 1. The number of halogens is 1. The van der Waals surface area contributed by atoms with Gasteiger partial charge in [0.1, 0.15) is 0 Å². The molecule has 1 aliphatic rings. The van der Waals surface area contributed by atoms with Crippen molar-refractivity contribution in [3.05, 3.63) is 107 Å². The number of benzene rings is 3. The van der Waals surface area contributed by atoms with E-state index in [1.54, 1.807) is 5.01 Å². The maximum absolute atomic E-state index is 11.0. The minimum atomic E-state index is -0.885. The second-order valence-electron chi connectivity index (χ2n) is 5.99. The first-order valence-electron chi connectivity index (χ1n) is 8.37. The van der Waals surface area contributed by atoms with Crippen LogP contribution in [0.2, 0.25) is 5.02 Å². The van der Waals surface area contributed by atoms with Crippen molar-refractivity contribution >= 4 is 29.1 Å². The number of hydrazone groups is 1. The second kappa shape index (κ2) is 7.16. The lowest BCUT2D eigenvalue weighted by Gasteiger charge is -2.19. The molecule has 1 unspecified atom stereocenters. The Morgan fingerprint density at radius 3 is 2.15 bits per heavy atom. The van der Waals surface area contributed by atoms with Crippen LogP contribution in [0.5, 0.6) is 0 Å². The van der Waals surface area contributed by atoms with Crippen LogP contribution < -0.4 is 5.01 Å². The minimum absolute atomic E-state index is 0.637. The summed E-state index contributed by atoms with van der Waals surface area (Å²) in [6, 6.07) is 27.1. The van der Waals surface area contributed by atoms with Crippen molar-refractivity contribution in [1.29, 1.82) is 0 Å². The number of hydrogen-bond donors (Lipinski definition) is 1. The molecule has 3 nitrogen and oxygen atoms in total. The van der Waals surface area contributed by atoms with Crippen LogP contribution in [0.25, 0.3) is 6.08 Å². The van der Waals surface area contributed by atoms with Crippen molar-refractivity contribution in [3.63, 3.8) is 0 Å². The van der Waals surface area contributed by atoms with Gasteiger partial charge in [0.25, 0.3) is 0 Å². The zero-order chi connectivity index (χ0) is 17.9. The van der Waals surface area contributed by atoms with Gasteiger partial charge < -0.3 is 5.11 Å². The Bertz CT molecular complexity index is 968.